The number of hydrogen-bond donors (Lipinski definition) is 0. The van der Waals surface area contributed by atoms with Gasteiger partial charge in [-0.25, -0.2) is 9.37 Å². The van der Waals surface area contributed by atoms with Gasteiger partial charge in [0.25, 0.3) is 0 Å². The van der Waals surface area contributed by atoms with E-state index in [0.717, 1.165) is 38.1 Å². The van der Waals surface area contributed by atoms with Crippen LogP contribution >= 0.6 is 0 Å². The molecule has 0 radical (unpaired) electrons. The molecule has 5 heteroatoms. The Hall–Kier alpha value is -1.98. The summed E-state index contributed by atoms with van der Waals surface area (Å²) in [5.41, 5.74) is 1.15. The van der Waals surface area contributed by atoms with Crippen molar-refractivity contribution >= 4 is 0 Å². The molecular weight excluding hydrogens is 319 g/mol. The Labute approximate surface area is 147 Å². The molecule has 25 heavy (non-hydrogen) atoms. The lowest BCUT2D eigenvalue weighted by molar-refractivity contribution is -0.0590. The van der Waals surface area contributed by atoms with Gasteiger partial charge in [0, 0.05) is 31.4 Å². The quantitative estimate of drug-likeness (QED) is 0.835. The van der Waals surface area contributed by atoms with Gasteiger partial charge < -0.3 is 9.47 Å². The Morgan fingerprint density at radius 2 is 2.04 bits per heavy atom. The number of nitrogens with zero attached hydrogens (tertiary/aromatic N) is 2. The lowest BCUT2D eigenvalue weighted by Crippen LogP contribution is -2.47. The molecule has 0 N–H and O–H groups in total. The normalized spacial score (nSPS) is 26.4. The van der Waals surface area contributed by atoms with E-state index in [-0.39, 0.29) is 11.9 Å². The molecule has 2 heterocycles. The Morgan fingerprint density at radius 3 is 2.84 bits per heavy atom. The summed E-state index contributed by atoms with van der Waals surface area (Å²) in [5.74, 6) is 0.975. The summed E-state index contributed by atoms with van der Waals surface area (Å²) in [4.78, 5) is 6.69. The molecule has 1 aromatic carbocycles. The van der Waals surface area contributed by atoms with Crippen molar-refractivity contribution in [3.63, 3.8) is 0 Å². The zero-order valence-electron chi connectivity index (χ0n) is 14.2. The van der Waals surface area contributed by atoms with E-state index in [0.29, 0.717) is 24.4 Å². The molecule has 4 nitrogen and oxygen atoms in total. The van der Waals surface area contributed by atoms with Gasteiger partial charge in [0.15, 0.2) is 0 Å². The fraction of sp³-hybridized carbons (Fsp3) is 0.450. The summed E-state index contributed by atoms with van der Waals surface area (Å²) in [6.07, 6.45) is 4.11. The SMILES string of the molecule is Fc1ccc(CN2CCOC3CC(COc4ccccn4)CC32)cc1. The van der Waals surface area contributed by atoms with Crippen LogP contribution in [0.4, 0.5) is 4.39 Å². The highest BCUT2D eigenvalue weighted by Gasteiger charge is 2.41. The highest BCUT2D eigenvalue weighted by atomic mass is 19.1. The first-order valence-electron chi connectivity index (χ1n) is 8.92. The lowest BCUT2D eigenvalue weighted by atomic mass is 10.1. The summed E-state index contributed by atoms with van der Waals surface area (Å²) < 4.78 is 24.9. The van der Waals surface area contributed by atoms with Crippen molar-refractivity contribution in [2.45, 2.75) is 31.5 Å². The zero-order chi connectivity index (χ0) is 17.1. The van der Waals surface area contributed by atoms with Gasteiger partial charge in [-0.05, 0) is 42.5 Å². The van der Waals surface area contributed by atoms with Crippen LogP contribution in [0.2, 0.25) is 0 Å². The third kappa shape index (κ3) is 3.99. The summed E-state index contributed by atoms with van der Waals surface area (Å²) in [7, 11) is 0. The van der Waals surface area contributed by atoms with Crippen LogP contribution in [0.25, 0.3) is 0 Å². The molecule has 1 saturated heterocycles. The number of rotatable bonds is 5. The molecule has 4 rings (SSSR count). The third-order valence-electron chi connectivity index (χ3n) is 5.15. The van der Waals surface area contributed by atoms with Crippen molar-refractivity contribution in [3.8, 4) is 5.88 Å². The van der Waals surface area contributed by atoms with Gasteiger partial charge in [-0.2, -0.15) is 0 Å². The molecule has 132 valence electrons. The average molecular weight is 342 g/mol. The first-order valence-corrected chi connectivity index (χ1v) is 8.92. The number of benzene rings is 1. The van der Waals surface area contributed by atoms with Gasteiger partial charge in [0.1, 0.15) is 5.82 Å². The van der Waals surface area contributed by atoms with Crippen LogP contribution in [0.5, 0.6) is 5.88 Å². The van der Waals surface area contributed by atoms with E-state index in [1.807, 2.05) is 30.3 Å². The monoisotopic (exact) mass is 342 g/mol. The predicted molar refractivity (Wildman–Crippen MR) is 92.8 cm³/mol. The number of aromatic nitrogens is 1. The maximum Gasteiger partial charge on any atom is 0.213 e. The first-order chi connectivity index (χ1) is 12.3. The largest absolute Gasteiger partial charge is 0.477 e. The molecule has 0 bridgehead atoms. The summed E-state index contributed by atoms with van der Waals surface area (Å²) >= 11 is 0. The molecule has 1 aliphatic heterocycles. The van der Waals surface area contributed by atoms with E-state index in [1.165, 1.54) is 12.1 Å². The van der Waals surface area contributed by atoms with Crippen LogP contribution < -0.4 is 4.74 Å². The Balaban J connectivity index is 1.35. The van der Waals surface area contributed by atoms with Crippen LogP contribution in [0.15, 0.2) is 48.7 Å². The van der Waals surface area contributed by atoms with Crippen LogP contribution in [0.3, 0.4) is 0 Å². The van der Waals surface area contributed by atoms with Gasteiger partial charge in [-0.15, -0.1) is 0 Å². The number of pyridine rings is 1. The molecule has 0 amide bonds. The van der Waals surface area contributed by atoms with E-state index < -0.39 is 0 Å². The minimum atomic E-state index is -0.184. The Kier molecular flexibility index (Phi) is 4.95. The lowest BCUT2D eigenvalue weighted by Gasteiger charge is -2.37. The summed E-state index contributed by atoms with van der Waals surface area (Å²) in [6.45, 7) is 3.21. The molecule has 1 aromatic heterocycles. The number of morpholine rings is 1. The number of halogens is 1. The van der Waals surface area contributed by atoms with E-state index in [9.17, 15) is 4.39 Å². The average Bonchev–Trinajstić information content (AvgIpc) is 3.07. The molecule has 2 aliphatic rings. The fourth-order valence-corrected chi connectivity index (χ4v) is 3.92. The summed E-state index contributed by atoms with van der Waals surface area (Å²) in [6, 6.07) is 12.9. The van der Waals surface area contributed by atoms with Gasteiger partial charge in [-0.3, -0.25) is 4.90 Å². The van der Waals surface area contributed by atoms with Gasteiger partial charge in [0.05, 0.1) is 19.3 Å². The van der Waals surface area contributed by atoms with Crippen LogP contribution in [0.1, 0.15) is 18.4 Å². The molecule has 1 aliphatic carbocycles. The minimum Gasteiger partial charge on any atom is -0.477 e. The third-order valence-corrected chi connectivity index (χ3v) is 5.15. The number of fused-ring (bicyclic) bond motifs is 1. The molecule has 2 fully saturated rings. The van der Waals surface area contributed by atoms with E-state index in [1.54, 1.807) is 6.20 Å². The van der Waals surface area contributed by atoms with Crippen LogP contribution in [-0.2, 0) is 11.3 Å². The molecule has 1 saturated carbocycles. The molecule has 3 unspecified atom stereocenters. The van der Waals surface area contributed by atoms with Crippen molar-refractivity contribution in [3.05, 3.63) is 60.0 Å². The van der Waals surface area contributed by atoms with Crippen LogP contribution in [-0.4, -0.2) is 41.8 Å². The summed E-state index contributed by atoms with van der Waals surface area (Å²) in [5, 5.41) is 0. The maximum atomic E-state index is 13.1. The molecule has 2 aromatic rings. The van der Waals surface area contributed by atoms with Crippen molar-refractivity contribution in [1.82, 2.24) is 9.88 Å². The van der Waals surface area contributed by atoms with Crippen LogP contribution in [0, 0.1) is 11.7 Å². The number of hydrogen-bond acceptors (Lipinski definition) is 4. The van der Waals surface area contributed by atoms with E-state index >= 15 is 0 Å². The Bertz CT molecular complexity index is 680. The second-order valence-electron chi connectivity index (χ2n) is 6.89. The van der Waals surface area contributed by atoms with E-state index in [4.69, 9.17) is 9.47 Å². The van der Waals surface area contributed by atoms with Gasteiger partial charge >= 0.3 is 0 Å². The maximum absolute atomic E-state index is 13.1. The minimum absolute atomic E-state index is 0.184. The van der Waals surface area contributed by atoms with Crippen molar-refractivity contribution in [2.24, 2.45) is 5.92 Å². The molecule has 0 spiro atoms. The van der Waals surface area contributed by atoms with Gasteiger partial charge in [0.2, 0.25) is 5.88 Å². The standard InChI is InChI=1S/C20H23FN2O2/c21-17-6-4-15(5-7-17)13-23-9-10-24-19-12-16(11-18(19)23)14-25-20-3-1-2-8-22-20/h1-8,16,18-19H,9-14H2. The highest BCUT2D eigenvalue weighted by molar-refractivity contribution is 5.16. The van der Waals surface area contributed by atoms with Crippen molar-refractivity contribution < 1.29 is 13.9 Å². The predicted octanol–water partition coefficient (Wildman–Crippen LogP) is 3.28. The topological polar surface area (TPSA) is 34.6 Å². The zero-order valence-corrected chi connectivity index (χ0v) is 14.2. The van der Waals surface area contributed by atoms with Crippen molar-refractivity contribution in [2.75, 3.05) is 19.8 Å². The molecular formula is C20H23FN2O2. The number of ether oxygens (including phenoxy) is 2. The van der Waals surface area contributed by atoms with Gasteiger partial charge in [-0.1, -0.05) is 18.2 Å². The second kappa shape index (κ2) is 7.50. The fourth-order valence-electron chi connectivity index (χ4n) is 3.92. The smallest absolute Gasteiger partial charge is 0.213 e. The molecule has 3 atom stereocenters. The first kappa shape index (κ1) is 16.5. The van der Waals surface area contributed by atoms with E-state index in [2.05, 4.69) is 9.88 Å². The van der Waals surface area contributed by atoms with Crippen molar-refractivity contribution in [1.29, 1.82) is 0 Å². The second-order valence-corrected chi connectivity index (χ2v) is 6.89. The highest BCUT2D eigenvalue weighted by Crippen LogP contribution is 2.35. The Morgan fingerprint density at radius 1 is 1.16 bits per heavy atom.